The Morgan fingerprint density at radius 1 is 0.733 bits per heavy atom. The molecule has 154 valence electrons. The van der Waals surface area contributed by atoms with E-state index in [2.05, 4.69) is 113 Å². The van der Waals surface area contributed by atoms with Crippen molar-refractivity contribution in [2.75, 3.05) is 0 Å². The summed E-state index contributed by atoms with van der Waals surface area (Å²) in [6, 6.07) is 21.1. The Bertz CT molecular complexity index is 933. The molecule has 0 nitrogen and oxygen atoms in total. The van der Waals surface area contributed by atoms with Crippen molar-refractivity contribution in [3.63, 3.8) is 0 Å². The third kappa shape index (κ3) is 6.07. The summed E-state index contributed by atoms with van der Waals surface area (Å²) in [4.78, 5) is 0. The van der Waals surface area contributed by atoms with E-state index < -0.39 is 0 Å². The summed E-state index contributed by atoms with van der Waals surface area (Å²) in [5, 5.41) is 0. The van der Waals surface area contributed by atoms with Crippen LogP contribution in [0.4, 0.5) is 0 Å². The van der Waals surface area contributed by atoms with Crippen LogP contribution in [0.1, 0.15) is 44.9 Å². The van der Waals surface area contributed by atoms with Gasteiger partial charge in [0.25, 0.3) is 0 Å². The summed E-state index contributed by atoms with van der Waals surface area (Å²) in [7, 11) is 0. The molecule has 0 N–H and O–H groups in total. The molecule has 0 spiro atoms. The molecule has 3 aromatic rings. The molecule has 0 saturated carbocycles. The van der Waals surface area contributed by atoms with Gasteiger partial charge in [0.2, 0.25) is 0 Å². The van der Waals surface area contributed by atoms with E-state index in [4.69, 9.17) is 0 Å². The summed E-state index contributed by atoms with van der Waals surface area (Å²) >= 11 is 1.46. The predicted octanol–water partition coefficient (Wildman–Crippen LogP) is 0.659. The van der Waals surface area contributed by atoms with Crippen LogP contribution in [0.5, 0.6) is 0 Å². The van der Waals surface area contributed by atoms with Crippen molar-refractivity contribution in [1.82, 2.24) is 0 Å². The molecule has 0 fully saturated rings. The van der Waals surface area contributed by atoms with Crippen molar-refractivity contribution >= 4 is 3.21 Å². The molecule has 30 heavy (non-hydrogen) atoms. The van der Waals surface area contributed by atoms with Gasteiger partial charge in [0.15, 0.2) is 0 Å². The van der Waals surface area contributed by atoms with Gasteiger partial charge in [-0.2, -0.15) is 27.8 Å². The van der Waals surface area contributed by atoms with Crippen LogP contribution in [-0.4, -0.2) is 3.21 Å². The Morgan fingerprint density at radius 3 is 1.53 bits per heavy atom. The molecule has 4 rings (SSSR count). The van der Waals surface area contributed by atoms with Crippen LogP contribution in [0.15, 0.2) is 85.0 Å². The number of halogens is 2. The summed E-state index contributed by atoms with van der Waals surface area (Å²) < 4.78 is 1.42. The van der Waals surface area contributed by atoms with Gasteiger partial charge in [-0.05, 0) is 5.92 Å². The van der Waals surface area contributed by atoms with Gasteiger partial charge < -0.3 is 24.8 Å². The second kappa shape index (κ2) is 12.5. The fourth-order valence-corrected chi connectivity index (χ4v) is 4.57. The molecule has 0 heterocycles. The minimum atomic E-state index is 0. The van der Waals surface area contributed by atoms with Crippen molar-refractivity contribution in [3.05, 3.63) is 124 Å². The van der Waals surface area contributed by atoms with E-state index in [-0.39, 0.29) is 24.8 Å². The molecular weight excluding hydrogens is 486 g/mol. The molecule has 1 aliphatic carbocycles. The molecule has 0 bridgehead atoms. The Labute approximate surface area is 208 Å². The first-order chi connectivity index (χ1) is 13.5. The van der Waals surface area contributed by atoms with Crippen molar-refractivity contribution in [2.45, 2.75) is 33.6 Å². The first kappa shape index (κ1) is 26.6. The van der Waals surface area contributed by atoms with Crippen LogP contribution >= 0.6 is 0 Å². The SMILES string of the molecule is Cc1c(C)c(C2C=CC=C2)[c-](C)c1C.[Cl-].[Cl-].[Zr+2]=[C](c1ccccc1)c1ccccc1. The summed E-state index contributed by atoms with van der Waals surface area (Å²) in [5.74, 6) is 0.516. The number of allylic oxidation sites excluding steroid dienone is 4. The normalized spacial score (nSPS) is 11.9. The van der Waals surface area contributed by atoms with Crippen molar-refractivity contribution < 1.29 is 49.0 Å². The maximum absolute atomic E-state index is 2.27. The standard InChI is InChI=1S/C14H17.C13H10.2ClH.Zr/c1-9-10(2)12(4)14(11(9)3)13-7-5-6-8-13;1-3-7-12(8-4-1)11-13-9-5-2-6-10-13;;;/h5-8,13H,1-4H3;1-10H;2*1H;/q-1;;;;+2/p-2. The molecule has 0 amide bonds. The molecule has 0 radical (unpaired) electrons. The fraction of sp³-hybridized carbons (Fsp3) is 0.185. The van der Waals surface area contributed by atoms with E-state index in [9.17, 15) is 0 Å². The van der Waals surface area contributed by atoms with E-state index in [1.807, 2.05) is 0 Å². The van der Waals surface area contributed by atoms with Crippen molar-refractivity contribution in [3.8, 4) is 0 Å². The molecule has 1 aliphatic rings. The van der Waals surface area contributed by atoms with Crippen LogP contribution < -0.4 is 24.8 Å². The Hall–Kier alpha value is -1.40. The van der Waals surface area contributed by atoms with Gasteiger partial charge in [0.1, 0.15) is 0 Å². The van der Waals surface area contributed by atoms with Crippen LogP contribution in [-0.2, 0) is 24.2 Å². The Balaban J connectivity index is 0.000000281. The third-order valence-electron chi connectivity index (χ3n) is 5.70. The van der Waals surface area contributed by atoms with Crippen LogP contribution in [0.25, 0.3) is 0 Å². The number of rotatable bonds is 3. The molecule has 0 aliphatic heterocycles. The van der Waals surface area contributed by atoms with Gasteiger partial charge >= 0.3 is 99.2 Å². The summed E-state index contributed by atoms with van der Waals surface area (Å²) in [6.07, 6.45) is 8.82. The number of hydrogen-bond acceptors (Lipinski definition) is 0. The second-order valence-electron chi connectivity index (χ2n) is 7.32. The molecule has 3 aromatic carbocycles. The molecule has 0 unspecified atom stereocenters. The van der Waals surface area contributed by atoms with E-state index >= 15 is 0 Å². The molecular formula is C27H27Cl2Zr-. The zero-order valence-electron chi connectivity index (χ0n) is 17.9. The van der Waals surface area contributed by atoms with Crippen molar-refractivity contribution in [2.24, 2.45) is 0 Å². The fourth-order valence-electron chi connectivity index (χ4n) is 3.75. The van der Waals surface area contributed by atoms with Crippen LogP contribution in [0.2, 0.25) is 0 Å². The first-order valence-corrected chi connectivity index (χ1v) is 11.0. The van der Waals surface area contributed by atoms with E-state index in [1.54, 1.807) is 0 Å². The topological polar surface area (TPSA) is 0 Å². The number of benzene rings is 2. The molecule has 0 aromatic heterocycles. The average molecular weight is 514 g/mol. The maximum atomic E-state index is 2.27. The van der Waals surface area contributed by atoms with E-state index in [0.29, 0.717) is 5.92 Å². The van der Waals surface area contributed by atoms with E-state index in [0.717, 1.165) is 0 Å². The summed E-state index contributed by atoms with van der Waals surface area (Å²) in [6.45, 7) is 8.93. The predicted molar refractivity (Wildman–Crippen MR) is 118 cm³/mol. The van der Waals surface area contributed by atoms with Gasteiger partial charge in [-0.1, -0.05) is 52.0 Å². The zero-order valence-corrected chi connectivity index (χ0v) is 21.9. The number of hydrogen-bond donors (Lipinski definition) is 0. The van der Waals surface area contributed by atoms with Gasteiger partial charge in [-0.3, -0.25) is 0 Å². The average Bonchev–Trinajstić information content (AvgIpc) is 3.33. The van der Waals surface area contributed by atoms with Gasteiger partial charge in [-0.15, -0.1) is 0 Å². The van der Waals surface area contributed by atoms with Crippen molar-refractivity contribution in [1.29, 1.82) is 0 Å². The van der Waals surface area contributed by atoms with Gasteiger partial charge in [0.05, 0.1) is 0 Å². The summed E-state index contributed by atoms with van der Waals surface area (Å²) in [5.41, 5.74) is 10.1. The molecule has 3 heteroatoms. The Morgan fingerprint density at radius 2 is 1.17 bits per heavy atom. The quantitative estimate of drug-likeness (QED) is 0.452. The van der Waals surface area contributed by atoms with Crippen LogP contribution in [0.3, 0.4) is 0 Å². The monoisotopic (exact) mass is 511 g/mol. The second-order valence-corrected chi connectivity index (χ2v) is 8.55. The molecule has 0 saturated heterocycles. The van der Waals surface area contributed by atoms with Crippen LogP contribution in [0, 0.1) is 27.7 Å². The van der Waals surface area contributed by atoms with Gasteiger partial charge in [-0.25, -0.2) is 0 Å². The zero-order chi connectivity index (χ0) is 20.1. The Kier molecular flexibility index (Phi) is 11.1. The minimum absolute atomic E-state index is 0. The molecule has 0 atom stereocenters. The third-order valence-corrected chi connectivity index (χ3v) is 7.12. The first-order valence-electron chi connectivity index (χ1n) is 9.78. The van der Waals surface area contributed by atoms with Gasteiger partial charge in [0, 0.05) is 0 Å². The van der Waals surface area contributed by atoms with E-state index in [1.165, 1.54) is 66.4 Å².